The second-order valence-electron chi connectivity index (χ2n) is 5.35. The number of nitrogens with zero attached hydrogens (tertiary/aromatic N) is 1. The van der Waals surface area contributed by atoms with Crippen molar-refractivity contribution < 1.29 is 9.47 Å². The molecule has 98 valence electrons. The van der Waals surface area contributed by atoms with E-state index in [1.807, 2.05) is 0 Å². The zero-order chi connectivity index (χ0) is 12.4. The smallest absolute Gasteiger partial charge is 0.119 e. The molecule has 1 aromatic rings. The summed E-state index contributed by atoms with van der Waals surface area (Å²) < 4.78 is 10.7. The predicted molar refractivity (Wildman–Crippen MR) is 70.9 cm³/mol. The van der Waals surface area contributed by atoms with Crippen LogP contribution in [0.25, 0.3) is 0 Å². The summed E-state index contributed by atoms with van der Waals surface area (Å²) in [6.45, 7) is 5.33. The molecule has 3 heteroatoms. The van der Waals surface area contributed by atoms with Gasteiger partial charge in [-0.1, -0.05) is 6.07 Å². The van der Waals surface area contributed by atoms with Crippen LogP contribution in [-0.4, -0.2) is 38.3 Å². The molecule has 0 aromatic heterocycles. The quantitative estimate of drug-likeness (QED) is 0.816. The van der Waals surface area contributed by atoms with Gasteiger partial charge in [0, 0.05) is 26.2 Å². The Labute approximate surface area is 109 Å². The minimum atomic E-state index is 0.741. The van der Waals surface area contributed by atoms with Crippen molar-refractivity contribution in [2.75, 3.05) is 33.4 Å². The van der Waals surface area contributed by atoms with E-state index in [2.05, 4.69) is 23.1 Å². The van der Waals surface area contributed by atoms with Crippen LogP contribution in [0.15, 0.2) is 18.2 Å². The first-order valence-corrected chi connectivity index (χ1v) is 6.81. The van der Waals surface area contributed by atoms with Crippen LogP contribution in [0.2, 0.25) is 0 Å². The molecule has 18 heavy (non-hydrogen) atoms. The second kappa shape index (κ2) is 5.29. The van der Waals surface area contributed by atoms with Gasteiger partial charge in [0.05, 0.1) is 13.7 Å². The molecule has 0 saturated carbocycles. The summed E-state index contributed by atoms with van der Waals surface area (Å²) >= 11 is 0. The summed E-state index contributed by atoms with van der Waals surface area (Å²) in [7, 11) is 1.73. The van der Waals surface area contributed by atoms with Crippen LogP contribution in [-0.2, 0) is 17.7 Å². The molecular weight excluding hydrogens is 226 g/mol. The zero-order valence-corrected chi connectivity index (χ0v) is 11.0. The molecule has 0 aliphatic carbocycles. The summed E-state index contributed by atoms with van der Waals surface area (Å²) in [5.41, 5.74) is 2.91. The van der Waals surface area contributed by atoms with Gasteiger partial charge in [-0.3, -0.25) is 4.90 Å². The highest BCUT2D eigenvalue weighted by atomic mass is 16.5. The lowest BCUT2D eigenvalue weighted by Crippen LogP contribution is -2.34. The molecular formula is C15H21NO2. The van der Waals surface area contributed by atoms with Crippen molar-refractivity contribution in [3.63, 3.8) is 0 Å². The monoisotopic (exact) mass is 247 g/mol. The van der Waals surface area contributed by atoms with E-state index in [1.165, 1.54) is 24.1 Å². The maximum atomic E-state index is 5.46. The molecule has 1 fully saturated rings. The molecule has 0 radical (unpaired) electrons. The molecule has 0 spiro atoms. The van der Waals surface area contributed by atoms with Crippen molar-refractivity contribution in [2.24, 2.45) is 5.92 Å². The second-order valence-corrected chi connectivity index (χ2v) is 5.35. The number of rotatable bonds is 3. The number of ether oxygens (including phenoxy) is 2. The Balaban J connectivity index is 1.65. The summed E-state index contributed by atoms with van der Waals surface area (Å²) in [6, 6.07) is 6.47. The Kier molecular flexibility index (Phi) is 3.52. The molecule has 1 saturated heterocycles. The Morgan fingerprint density at radius 1 is 1.39 bits per heavy atom. The van der Waals surface area contributed by atoms with E-state index in [1.54, 1.807) is 7.11 Å². The highest BCUT2D eigenvalue weighted by Crippen LogP contribution is 2.25. The van der Waals surface area contributed by atoms with Crippen LogP contribution >= 0.6 is 0 Å². The van der Waals surface area contributed by atoms with Crippen molar-refractivity contribution in [1.29, 1.82) is 0 Å². The number of hydrogen-bond acceptors (Lipinski definition) is 3. The molecule has 0 unspecified atom stereocenters. The maximum absolute atomic E-state index is 5.46. The Bertz CT molecular complexity index is 413. The molecule has 0 bridgehead atoms. The fourth-order valence-corrected chi connectivity index (χ4v) is 2.96. The van der Waals surface area contributed by atoms with Crippen molar-refractivity contribution in [3.8, 4) is 5.75 Å². The predicted octanol–water partition coefficient (Wildman–Crippen LogP) is 2.09. The minimum Gasteiger partial charge on any atom is -0.497 e. The van der Waals surface area contributed by atoms with Gasteiger partial charge < -0.3 is 9.47 Å². The number of hydrogen-bond donors (Lipinski definition) is 0. The van der Waals surface area contributed by atoms with Gasteiger partial charge in [-0.05, 0) is 42.0 Å². The molecule has 2 aliphatic rings. The summed E-state index contributed by atoms with van der Waals surface area (Å²) in [5.74, 6) is 1.72. The first-order chi connectivity index (χ1) is 8.85. The first kappa shape index (κ1) is 12.0. The summed E-state index contributed by atoms with van der Waals surface area (Å²) in [5, 5.41) is 0. The van der Waals surface area contributed by atoms with Gasteiger partial charge >= 0.3 is 0 Å². The van der Waals surface area contributed by atoms with Crippen LogP contribution in [0, 0.1) is 5.92 Å². The van der Waals surface area contributed by atoms with Crippen LogP contribution in [0.5, 0.6) is 5.75 Å². The van der Waals surface area contributed by atoms with E-state index in [0.29, 0.717) is 0 Å². The van der Waals surface area contributed by atoms with Gasteiger partial charge in [0.15, 0.2) is 0 Å². The highest BCUT2D eigenvalue weighted by Gasteiger charge is 2.22. The topological polar surface area (TPSA) is 21.7 Å². The van der Waals surface area contributed by atoms with E-state index in [0.717, 1.165) is 44.4 Å². The van der Waals surface area contributed by atoms with Crippen LogP contribution in [0.3, 0.4) is 0 Å². The van der Waals surface area contributed by atoms with Gasteiger partial charge in [-0.25, -0.2) is 0 Å². The first-order valence-electron chi connectivity index (χ1n) is 6.81. The highest BCUT2D eigenvalue weighted by molar-refractivity contribution is 5.37. The van der Waals surface area contributed by atoms with E-state index in [-0.39, 0.29) is 0 Å². The Hall–Kier alpha value is -1.06. The molecule has 1 atom stereocenters. The maximum Gasteiger partial charge on any atom is 0.119 e. The molecule has 3 rings (SSSR count). The number of fused-ring (bicyclic) bond motifs is 1. The fourth-order valence-electron chi connectivity index (χ4n) is 2.96. The Morgan fingerprint density at radius 3 is 3.11 bits per heavy atom. The normalized spacial score (nSPS) is 23.9. The van der Waals surface area contributed by atoms with Crippen LogP contribution in [0.1, 0.15) is 17.5 Å². The van der Waals surface area contributed by atoms with Gasteiger partial charge in [-0.2, -0.15) is 0 Å². The molecule has 2 aliphatic heterocycles. The standard InChI is InChI=1S/C15H21NO2/c1-17-15-3-2-14-10-16(6-4-13(14)8-15)9-12-5-7-18-11-12/h2-3,8,12H,4-7,9-11H2,1H3/t12-/m0/s1. The van der Waals surface area contributed by atoms with Crippen molar-refractivity contribution in [3.05, 3.63) is 29.3 Å². The lowest BCUT2D eigenvalue weighted by Gasteiger charge is -2.30. The third-order valence-electron chi connectivity index (χ3n) is 4.05. The average molecular weight is 247 g/mol. The van der Waals surface area contributed by atoms with Crippen molar-refractivity contribution in [1.82, 2.24) is 4.90 Å². The molecule has 2 heterocycles. The van der Waals surface area contributed by atoms with E-state index in [4.69, 9.17) is 9.47 Å². The molecule has 1 aromatic carbocycles. The largest absolute Gasteiger partial charge is 0.497 e. The van der Waals surface area contributed by atoms with Crippen molar-refractivity contribution >= 4 is 0 Å². The summed E-state index contributed by atoms with van der Waals surface area (Å²) in [4.78, 5) is 2.56. The number of benzene rings is 1. The van der Waals surface area contributed by atoms with E-state index in [9.17, 15) is 0 Å². The Morgan fingerprint density at radius 2 is 2.33 bits per heavy atom. The van der Waals surface area contributed by atoms with Crippen LogP contribution < -0.4 is 4.74 Å². The lowest BCUT2D eigenvalue weighted by molar-refractivity contribution is 0.162. The molecule has 0 amide bonds. The SMILES string of the molecule is COc1ccc2c(c1)CCN(C[C@@H]1CCOC1)C2. The zero-order valence-electron chi connectivity index (χ0n) is 11.0. The van der Waals surface area contributed by atoms with Crippen LogP contribution in [0.4, 0.5) is 0 Å². The third-order valence-corrected chi connectivity index (χ3v) is 4.05. The van der Waals surface area contributed by atoms with Gasteiger partial charge in [-0.15, -0.1) is 0 Å². The van der Waals surface area contributed by atoms with E-state index >= 15 is 0 Å². The van der Waals surface area contributed by atoms with Gasteiger partial charge in [0.1, 0.15) is 5.75 Å². The minimum absolute atomic E-state index is 0.741. The number of methoxy groups -OCH3 is 1. The lowest BCUT2D eigenvalue weighted by atomic mass is 9.98. The average Bonchev–Trinajstić information content (AvgIpc) is 2.91. The third kappa shape index (κ3) is 2.52. The molecule has 3 nitrogen and oxygen atoms in total. The van der Waals surface area contributed by atoms with Gasteiger partial charge in [0.2, 0.25) is 0 Å². The van der Waals surface area contributed by atoms with Gasteiger partial charge in [0.25, 0.3) is 0 Å². The summed E-state index contributed by atoms with van der Waals surface area (Å²) in [6.07, 6.45) is 2.37. The van der Waals surface area contributed by atoms with Crippen molar-refractivity contribution in [2.45, 2.75) is 19.4 Å². The fraction of sp³-hybridized carbons (Fsp3) is 0.600. The molecule has 0 N–H and O–H groups in total. The van der Waals surface area contributed by atoms with E-state index < -0.39 is 0 Å².